The Hall–Kier alpha value is -1.22. The topological polar surface area (TPSA) is 0 Å². The fraction of sp³-hybridized carbons (Fsp3) is 0.704. The molecule has 0 heteroatoms. The van der Waals surface area contributed by atoms with Crippen molar-refractivity contribution in [2.45, 2.75) is 117 Å². The molecule has 0 fully saturated rings. The number of rotatable bonds is 3. The van der Waals surface area contributed by atoms with Crippen LogP contribution in [-0.4, -0.2) is 0 Å². The van der Waals surface area contributed by atoms with E-state index in [9.17, 15) is 0 Å². The van der Waals surface area contributed by atoms with E-state index in [0.29, 0.717) is 11.3 Å². The predicted molar refractivity (Wildman–Crippen MR) is 131 cm³/mol. The molecule has 0 aliphatic heterocycles. The van der Waals surface area contributed by atoms with Crippen LogP contribution in [0.2, 0.25) is 0 Å². The molecule has 0 aromatic rings. The highest BCUT2D eigenvalue weighted by Crippen LogP contribution is 2.42. The van der Waals surface area contributed by atoms with E-state index >= 15 is 0 Å². The molecule has 0 aromatic carbocycles. The summed E-state index contributed by atoms with van der Waals surface area (Å²) in [4.78, 5) is 0. The van der Waals surface area contributed by atoms with Crippen LogP contribution in [0.3, 0.4) is 0 Å². The molecule has 0 N–H and O–H groups in total. The first kappa shape index (κ1) is 33.4. The van der Waals surface area contributed by atoms with Gasteiger partial charge in [-0.1, -0.05) is 97.1 Å². The lowest BCUT2D eigenvalue weighted by molar-refractivity contribution is 0.360. The van der Waals surface area contributed by atoms with E-state index in [-0.39, 0.29) is 22.3 Å². The van der Waals surface area contributed by atoms with Crippen molar-refractivity contribution in [3.63, 3.8) is 0 Å². The average Bonchev–Trinajstić information content (AvgIpc) is 2.51. The van der Waals surface area contributed by atoms with Crippen molar-refractivity contribution >= 4 is 0 Å². The van der Waals surface area contributed by atoms with Crippen molar-refractivity contribution in [1.82, 2.24) is 0 Å². The molecule has 0 radical (unpaired) electrons. The van der Waals surface area contributed by atoms with E-state index in [4.69, 9.17) is 0 Å². The molecule has 0 nitrogen and oxygen atoms in total. The average molecular weight is 377 g/mol. The lowest BCUT2D eigenvalue weighted by Crippen LogP contribution is -2.20. The van der Waals surface area contributed by atoms with Gasteiger partial charge in [0.05, 0.1) is 0 Å². The summed E-state index contributed by atoms with van der Waals surface area (Å²) >= 11 is 0. The Kier molecular flexibility index (Phi) is 20.9. The second-order valence-corrected chi connectivity index (χ2v) is 7.82. The van der Waals surface area contributed by atoms with Gasteiger partial charge in [-0.15, -0.1) is 0 Å². The van der Waals surface area contributed by atoms with E-state index in [1.807, 2.05) is 6.92 Å². The van der Waals surface area contributed by atoms with Crippen LogP contribution in [0.15, 0.2) is 34.4 Å². The first-order valence-corrected chi connectivity index (χ1v) is 9.69. The van der Waals surface area contributed by atoms with Gasteiger partial charge in [0.1, 0.15) is 0 Å². The molecule has 1 rings (SSSR count). The molecule has 27 heavy (non-hydrogen) atoms. The molecule has 0 heterocycles. The fourth-order valence-electron chi connectivity index (χ4n) is 2.97. The molecule has 1 aliphatic carbocycles. The van der Waals surface area contributed by atoms with Gasteiger partial charge in [0.2, 0.25) is 0 Å². The van der Waals surface area contributed by atoms with Gasteiger partial charge in [-0.3, -0.25) is 0 Å². The minimum Gasteiger partial charge on any atom is -0.0907 e. The second-order valence-electron chi connectivity index (χ2n) is 7.82. The molecule has 0 saturated heterocycles. The zero-order chi connectivity index (χ0) is 18.8. The monoisotopic (exact) mass is 376 g/mol. The Labute approximate surface area is 174 Å². The summed E-state index contributed by atoms with van der Waals surface area (Å²) in [6.07, 6.45) is 10.8. The summed E-state index contributed by atoms with van der Waals surface area (Å²) < 4.78 is 0. The van der Waals surface area contributed by atoms with Gasteiger partial charge < -0.3 is 0 Å². The maximum atomic E-state index is 3.35. The van der Waals surface area contributed by atoms with Gasteiger partial charge in [0.15, 0.2) is 0 Å². The third kappa shape index (κ3) is 12.7. The van der Waals surface area contributed by atoms with Crippen LogP contribution in [0.25, 0.3) is 0 Å². The Morgan fingerprint density at radius 1 is 1.15 bits per heavy atom. The van der Waals surface area contributed by atoms with Crippen molar-refractivity contribution in [2.75, 3.05) is 0 Å². The lowest BCUT2D eigenvalue weighted by atomic mass is 9.71. The predicted octanol–water partition coefficient (Wildman–Crippen LogP) is 9.78. The highest BCUT2D eigenvalue weighted by atomic mass is 14.3. The third-order valence-corrected chi connectivity index (χ3v) is 4.92. The van der Waals surface area contributed by atoms with E-state index in [1.165, 1.54) is 31.3 Å². The first-order chi connectivity index (χ1) is 11.2. The molecule has 1 atom stereocenters. The summed E-state index contributed by atoms with van der Waals surface area (Å²) in [6.45, 7) is 19.9. The van der Waals surface area contributed by atoms with Gasteiger partial charge in [-0.25, -0.2) is 0 Å². The van der Waals surface area contributed by atoms with Gasteiger partial charge in [0.25, 0.3) is 0 Å². The molecular formula is C27H52. The maximum absolute atomic E-state index is 3.35. The lowest BCUT2D eigenvalue weighted by Gasteiger charge is -2.34. The molecular weight excluding hydrogens is 324 g/mol. The molecule has 160 valence electrons. The molecule has 1 aliphatic rings. The van der Waals surface area contributed by atoms with Crippen molar-refractivity contribution in [3.05, 3.63) is 34.4 Å². The minimum atomic E-state index is 0. The van der Waals surface area contributed by atoms with Crippen LogP contribution in [0.5, 0.6) is 0 Å². The van der Waals surface area contributed by atoms with Crippen molar-refractivity contribution in [2.24, 2.45) is 11.3 Å². The van der Waals surface area contributed by atoms with Crippen LogP contribution in [0.1, 0.15) is 117 Å². The normalized spacial score (nSPS) is 16.9. The van der Waals surface area contributed by atoms with Gasteiger partial charge in [0, 0.05) is 5.92 Å². The van der Waals surface area contributed by atoms with E-state index in [2.05, 4.69) is 79.4 Å². The van der Waals surface area contributed by atoms with Crippen molar-refractivity contribution < 1.29 is 0 Å². The zero-order valence-corrected chi connectivity index (χ0v) is 17.8. The number of hydrogen-bond donors (Lipinski definition) is 0. The molecule has 0 spiro atoms. The molecule has 0 bridgehead atoms. The van der Waals surface area contributed by atoms with Crippen LogP contribution in [-0.2, 0) is 0 Å². The van der Waals surface area contributed by atoms with E-state index < -0.39 is 0 Å². The Morgan fingerprint density at radius 2 is 1.67 bits per heavy atom. The summed E-state index contributed by atoms with van der Waals surface area (Å²) in [5.41, 5.74) is 6.18. The summed E-state index contributed by atoms with van der Waals surface area (Å²) in [5.74, 6) is 6.92. The first-order valence-electron chi connectivity index (χ1n) is 9.69. The standard InChI is InChI=1S/C21H32.C3H8.3CH4/c1-8-16(2)11-12-17(3)18(4)13-14-20-19(5)10-9-15-21(20,6)7;1-3-2;;;/h8,13,17H,9-10,14-15H2,1-7H3;3H2,1-2H3;3*1H4/b16-8-,18-13+;;;;. The second kappa shape index (κ2) is 16.9. The fourth-order valence-corrected chi connectivity index (χ4v) is 2.97. The quantitative estimate of drug-likeness (QED) is 0.339. The number of allylic oxidation sites excluding steroid dienone is 6. The van der Waals surface area contributed by atoms with Gasteiger partial charge >= 0.3 is 0 Å². The van der Waals surface area contributed by atoms with Crippen LogP contribution >= 0.6 is 0 Å². The SMILES string of the molecule is C.C.C.C/C=C(/C)C#CC(C)/C(C)=C/CC1=C(C)CCCC1(C)C.CCC. The smallest absolute Gasteiger partial charge is 0.0384 e. The summed E-state index contributed by atoms with van der Waals surface area (Å²) in [6, 6.07) is 0. The highest BCUT2D eigenvalue weighted by Gasteiger charge is 2.27. The number of hydrogen-bond acceptors (Lipinski definition) is 0. The summed E-state index contributed by atoms with van der Waals surface area (Å²) in [7, 11) is 0. The van der Waals surface area contributed by atoms with Crippen molar-refractivity contribution in [3.8, 4) is 11.8 Å². The van der Waals surface area contributed by atoms with E-state index in [0.717, 1.165) is 12.0 Å². The van der Waals surface area contributed by atoms with Gasteiger partial charge in [-0.2, -0.15) is 0 Å². The molecule has 0 amide bonds. The minimum absolute atomic E-state index is 0. The van der Waals surface area contributed by atoms with Crippen LogP contribution < -0.4 is 0 Å². The molecule has 0 saturated carbocycles. The van der Waals surface area contributed by atoms with Crippen LogP contribution in [0.4, 0.5) is 0 Å². The van der Waals surface area contributed by atoms with Gasteiger partial charge in [-0.05, 0) is 71.3 Å². The Balaban J connectivity index is -0.000000412. The summed E-state index contributed by atoms with van der Waals surface area (Å²) in [5, 5.41) is 0. The maximum Gasteiger partial charge on any atom is 0.0384 e. The highest BCUT2D eigenvalue weighted by molar-refractivity contribution is 5.31. The van der Waals surface area contributed by atoms with Crippen molar-refractivity contribution in [1.29, 1.82) is 0 Å². The molecule has 1 unspecified atom stereocenters. The largest absolute Gasteiger partial charge is 0.0907 e. The van der Waals surface area contributed by atoms with Crippen LogP contribution in [0, 0.1) is 23.2 Å². The van der Waals surface area contributed by atoms with E-state index in [1.54, 1.807) is 11.1 Å². The Bertz CT molecular complexity index is 526. The molecule has 0 aromatic heterocycles. The Morgan fingerprint density at radius 3 is 2.11 bits per heavy atom. The third-order valence-electron chi connectivity index (χ3n) is 4.92. The zero-order valence-electron chi connectivity index (χ0n) is 17.8.